The summed E-state index contributed by atoms with van der Waals surface area (Å²) in [6, 6.07) is 12.8. The molecule has 0 fully saturated rings. The van der Waals surface area contributed by atoms with E-state index in [1.165, 1.54) is 21.2 Å². The number of aryl methyl sites for hydroxylation is 1. The van der Waals surface area contributed by atoms with Gasteiger partial charge < -0.3 is 9.64 Å². The predicted octanol–water partition coefficient (Wildman–Crippen LogP) is 2.88. The third-order valence-electron chi connectivity index (χ3n) is 4.14. The number of carbonyl (C=O) groups is 1. The Morgan fingerprint density at radius 2 is 1.96 bits per heavy atom. The maximum absolute atomic E-state index is 13.3. The van der Waals surface area contributed by atoms with E-state index in [2.05, 4.69) is 4.98 Å². The number of carbonyl (C=O) groups excluding carboxylic acids is 1. The highest BCUT2D eigenvalue weighted by molar-refractivity contribution is 7.99. The zero-order chi connectivity index (χ0) is 19.6. The standard InChI is InChI=1S/C20H21N3O3S/c1-13-9-10-17(26-4)16(11-13)23-19(25)14-7-5-6-8-15(14)21-20(23)27-12-18(24)22(2)3/h5-11H,12H2,1-4H3. The minimum Gasteiger partial charge on any atom is -0.495 e. The molecule has 0 saturated carbocycles. The van der Waals surface area contributed by atoms with Crippen molar-refractivity contribution < 1.29 is 9.53 Å². The molecule has 7 heteroatoms. The molecule has 0 aliphatic heterocycles. The van der Waals surface area contributed by atoms with Crippen LogP contribution in [0, 0.1) is 6.92 Å². The highest BCUT2D eigenvalue weighted by Gasteiger charge is 2.18. The Balaban J connectivity index is 2.24. The molecular weight excluding hydrogens is 362 g/mol. The number of aromatic nitrogens is 2. The van der Waals surface area contributed by atoms with Crippen molar-refractivity contribution in [3.8, 4) is 11.4 Å². The Labute approximate surface area is 161 Å². The number of amides is 1. The lowest BCUT2D eigenvalue weighted by atomic mass is 10.2. The molecule has 0 bridgehead atoms. The second-order valence-electron chi connectivity index (χ2n) is 6.30. The van der Waals surface area contributed by atoms with Gasteiger partial charge in [0.05, 0.1) is 29.5 Å². The van der Waals surface area contributed by atoms with Crippen LogP contribution in [0.5, 0.6) is 5.75 Å². The van der Waals surface area contributed by atoms with E-state index < -0.39 is 0 Å². The van der Waals surface area contributed by atoms with Gasteiger partial charge in [-0.3, -0.25) is 14.2 Å². The van der Waals surface area contributed by atoms with E-state index in [-0.39, 0.29) is 17.2 Å². The van der Waals surface area contributed by atoms with Gasteiger partial charge in [-0.05, 0) is 36.8 Å². The summed E-state index contributed by atoms with van der Waals surface area (Å²) in [5.41, 5.74) is 2.02. The number of thioether (sulfide) groups is 1. The van der Waals surface area contributed by atoms with Gasteiger partial charge in [0.25, 0.3) is 5.56 Å². The second kappa shape index (κ2) is 7.84. The Morgan fingerprint density at radius 1 is 1.22 bits per heavy atom. The van der Waals surface area contributed by atoms with Gasteiger partial charge in [-0.2, -0.15) is 0 Å². The molecule has 0 saturated heterocycles. The molecule has 0 radical (unpaired) electrons. The maximum Gasteiger partial charge on any atom is 0.266 e. The quantitative estimate of drug-likeness (QED) is 0.501. The van der Waals surface area contributed by atoms with E-state index in [0.717, 1.165) is 5.56 Å². The zero-order valence-electron chi connectivity index (χ0n) is 15.7. The van der Waals surface area contributed by atoms with Crippen molar-refractivity contribution in [1.82, 2.24) is 14.5 Å². The van der Waals surface area contributed by atoms with Crippen molar-refractivity contribution in [3.63, 3.8) is 0 Å². The molecule has 3 rings (SSSR count). The number of hydrogen-bond donors (Lipinski definition) is 0. The van der Waals surface area contributed by atoms with E-state index in [0.29, 0.717) is 27.5 Å². The van der Waals surface area contributed by atoms with Gasteiger partial charge >= 0.3 is 0 Å². The molecule has 1 amide bonds. The van der Waals surface area contributed by atoms with Crippen LogP contribution in [0.1, 0.15) is 5.56 Å². The monoisotopic (exact) mass is 383 g/mol. The van der Waals surface area contributed by atoms with Crippen LogP contribution in [0.3, 0.4) is 0 Å². The number of fused-ring (bicyclic) bond motifs is 1. The lowest BCUT2D eigenvalue weighted by Gasteiger charge is -2.17. The number of nitrogens with zero attached hydrogens (tertiary/aromatic N) is 3. The third-order valence-corrected chi connectivity index (χ3v) is 5.07. The molecule has 6 nitrogen and oxygen atoms in total. The Kier molecular flexibility index (Phi) is 5.51. The van der Waals surface area contributed by atoms with E-state index in [4.69, 9.17) is 4.74 Å². The molecule has 27 heavy (non-hydrogen) atoms. The van der Waals surface area contributed by atoms with Crippen LogP contribution in [0.4, 0.5) is 0 Å². The summed E-state index contributed by atoms with van der Waals surface area (Å²) in [5.74, 6) is 0.706. The van der Waals surface area contributed by atoms with Crippen molar-refractivity contribution >= 4 is 28.6 Å². The molecule has 0 N–H and O–H groups in total. The summed E-state index contributed by atoms with van der Waals surface area (Å²) in [6.07, 6.45) is 0. The van der Waals surface area contributed by atoms with Gasteiger partial charge in [-0.15, -0.1) is 0 Å². The number of ether oxygens (including phenoxy) is 1. The first-order valence-electron chi connectivity index (χ1n) is 8.42. The van der Waals surface area contributed by atoms with Gasteiger partial charge in [0, 0.05) is 14.1 Å². The molecule has 0 aliphatic carbocycles. The van der Waals surface area contributed by atoms with Crippen molar-refractivity contribution in [2.45, 2.75) is 12.1 Å². The molecule has 0 spiro atoms. The topological polar surface area (TPSA) is 64.4 Å². The number of rotatable bonds is 5. The lowest BCUT2D eigenvalue weighted by Crippen LogP contribution is -2.26. The average molecular weight is 383 g/mol. The number of methoxy groups -OCH3 is 1. The van der Waals surface area contributed by atoms with Crippen molar-refractivity contribution in [2.75, 3.05) is 27.0 Å². The molecule has 0 unspecified atom stereocenters. The van der Waals surface area contributed by atoms with Gasteiger partial charge in [-0.1, -0.05) is 30.0 Å². The first-order chi connectivity index (χ1) is 12.9. The van der Waals surface area contributed by atoms with E-state index in [1.807, 2.05) is 37.3 Å². The Morgan fingerprint density at radius 3 is 2.67 bits per heavy atom. The second-order valence-corrected chi connectivity index (χ2v) is 7.25. The van der Waals surface area contributed by atoms with Crippen molar-refractivity contribution in [2.24, 2.45) is 0 Å². The fraction of sp³-hybridized carbons (Fsp3) is 0.250. The molecular formula is C20H21N3O3S. The fourth-order valence-corrected chi connectivity index (χ4v) is 3.64. The van der Waals surface area contributed by atoms with Gasteiger partial charge in [0.1, 0.15) is 5.75 Å². The SMILES string of the molecule is COc1ccc(C)cc1-n1c(SCC(=O)N(C)C)nc2ccccc2c1=O. The van der Waals surface area contributed by atoms with E-state index >= 15 is 0 Å². The van der Waals surface area contributed by atoms with Crippen LogP contribution >= 0.6 is 11.8 Å². The van der Waals surface area contributed by atoms with Crippen LogP contribution < -0.4 is 10.3 Å². The molecule has 3 aromatic rings. The third kappa shape index (κ3) is 3.83. The van der Waals surface area contributed by atoms with Crippen LogP contribution in [-0.2, 0) is 4.79 Å². The van der Waals surface area contributed by atoms with Gasteiger partial charge in [-0.25, -0.2) is 4.98 Å². The lowest BCUT2D eigenvalue weighted by molar-refractivity contribution is -0.125. The normalized spacial score (nSPS) is 10.8. The summed E-state index contributed by atoms with van der Waals surface area (Å²) in [4.78, 5) is 31.5. The Hall–Kier alpha value is -2.80. The van der Waals surface area contributed by atoms with E-state index in [9.17, 15) is 9.59 Å². The molecule has 0 atom stereocenters. The van der Waals surface area contributed by atoms with Crippen LogP contribution in [0.2, 0.25) is 0 Å². The molecule has 0 aliphatic rings. The summed E-state index contributed by atoms with van der Waals surface area (Å²) in [7, 11) is 4.97. The smallest absolute Gasteiger partial charge is 0.266 e. The predicted molar refractivity (Wildman–Crippen MR) is 108 cm³/mol. The summed E-state index contributed by atoms with van der Waals surface area (Å²) < 4.78 is 7.00. The first-order valence-corrected chi connectivity index (χ1v) is 9.40. The van der Waals surface area contributed by atoms with Gasteiger partial charge in [0.15, 0.2) is 5.16 Å². The number of hydrogen-bond acceptors (Lipinski definition) is 5. The van der Waals surface area contributed by atoms with Crippen molar-refractivity contribution in [3.05, 3.63) is 58.4 Å². The largest absolute Gasteiger partial charge is 0.495 e. The van der Waals surface area contributed by atoms with Crippen LogP contribution in [0.25, 0.3) is 16.6 Å². The van der Waals surface area contributed by atoms with Gasteiger partial charge in [0.2, 0.25) is 5.91 Å². The Bertz CT molecular complexity index is 1060. The fourth-order valence-electron chi connectivity index (χ4n) is 2.65. The highest BCUT2D eigenvalue weighted by Crippen LogP contribution is 2.28. The van der Waals surface area contributed by atoms with E-state index in [1.54, 1.807) is 33.3 Å². The van der Waals surface area contributed by atoms with Crippen LogP contribution in [-0.4, -0.2) is 47.3 Å². The minimum absolute atomic E-state index is 0.0508. The highest BCUT2D eigenvalue weighted by atomic mass is 32.2. The average Bonchev–Trinajstić information content (AvgIpc) is 2.66. The van der Waals surface area contributed by atoms with Crippen LogP contribution in [0.15, 0.2) is 52.4 Å². The minimum atomic E-state index is -0.190. The molecule has 2 aromatic carbocycles. The summed E-state index contributed by atoms with van der Waals surface area (Å²) >= 11 is 1.24. The first kappa shape index (κ1) is 19.0. The summed E-state index contributed by atoms with van der Waals surface area (Å²) in [6.45, 7) is 1.95. The number of para-hydroxylation sites is 1. The molecule has 1 aromatic heterocycles. The van der Waals surface area contributed by atoms with Crippen molar-refractivity contribution in [1.29, 1.82) is 0 Å². The zero-order valence-corrected chi connectivity index (χ0v) is 16.5. The number of benzene rings is 2. The summed E-state index contributed by atoms with van der Waals surface area (Å²) in [5, 5.41) is 0.974. The molecule has 140 valence electrons. The maximum atomic E-state index is 13.3. The molecule has 1 heterocycles.